The molecule has 0 aliphatic heterocycles. The number of ether oxygens (including phenoxy) is 1. The first-order chi connectivity index (χ1) is 10.1. The molecule has 0 fully saturated rings. The molecule has 118 valence electrons. The minimum atomic E-state index is -4.71. The summed E-state index contributed by atoms with van der Waals surface area (Å²) in [5.41, 5.74) is 2.13. The maximum absolute atomic E-state index is 12.2. The normalized spacial score (nSPS) is 12.3. The zero-order valence-electron chi connectivity index (χ0n) is 12.5. The summed E-state index contributed by atoms with van der Waals surface area (Å²) in [6.07, 6.45) is -4.71. The summed E-state index contributed by atoms with van der Waals surface area (Å²) >= 11 is 0. The van der Waals surface area contributed by atoms with Gasteiger partial charge in [0.2, 0.25) is 0 Å². The van der Waals surface area contributed by atoms with Crippen molar-refractivity contribution in [1.82, 2.24) is 0 Å². The van der Waals surface area contributed by atoms with Gasteiger partial charge in [-0.15, -0.1) is 13.2 Å². The molecule has 2 rings (SSSR count). The molecule has 0 amide bonds. The number of hydrogen-bond donors (Lipinski definition) is 1. The zero-order valence-corrected chi connectivity index (χ0v) is 12.5. The monoisotopic (exact) mass is 310 g/mol. The lowest BCUT2D eigenvalue weighted by Crippen LogP contribution is -2.16. The van der Waals surface area contributed by atoms with Crippen molar-refractivity contribution < 1.29 is 23.0 Å². The van der Waals surface area contributed by atoms with Crippen LogP contribution in [0.1, 0.15) is 26.3 Å². The van der Waals surface area contributed by atoms with Crippen LogP contribution in [0.4, 0.5) is 13.2 Å². The van der Waals surface area contributed by atoms with Crippen molar-refractivity contribution in [3.63, 3.8) is 0 Å². The van der Waals surface area contributed by atoms with E-state index in [-0.39, 0.29) is 16.9 Å². The van der Waals surface area contributed by atoms with Crippen LogP contribution in [0.5, 0.6) is 11.5 Å². The smallest absolute Gasteiger partial charge is 0.507 e. The molecule has 0 radical (unpaired) electrons. The molecule has 0 aliphatic rings. The Kier molecular flexibility index (Phi) is 4.09. The Bertz CT molecular complexity index is 653. The van der Waals surface area contributed by atoms with Gasteiger partial charge in [-0.25, -0.2) is 0 Å². The third-order valence-corrected chi connectivity index (χ3v) is 3.26. The highest BCUT2D eigenvalue weighted by Gasteiger charge is 2.31. The number of phenolic OH excluding ortho intramolecular Hbond substituents is 1. The molecule has 22 heavy (non-hydrogen) atoms. The van der Waals surface area contributed by atoms with Crippen LogP contribution in [-0.2, 0) is 5.41 Å². The van der Waals surface area contributed by atoms with E-state index in [0.717, 1.165) is 5.56 Å². The predicted molar refractivity (Wildman–Crippen MR) is 78.9 cm³/mol. The topological polar surface area (TPSA) is 29.5 Å². The van der Waals surface area contributed by atoms with Crippen LogP contribution >= 0.6 is 0 Å². The Hall–Kier alpha value is -2.17. The summed E-state index contributed by atoms with van der Waals surface area (Å²) in [4.78, 5) is 0. The summed E-state index contributed by atoms with van der Waals surface area (Å²) in [6, 6.07) is 10.7. The second kappa shape index (κ2) is 5.55. The molecule has 0 heterocycles. The second-order valence-corrected chi connectivity index (χ2v) is 6.05. The van der Waals surface area contributed by atoms with Crippen LogP contribution in [0.15, 0.2) is 42.5 Å². The first kappa shape index (κ1) is 16.2. The molecular weight excluding hydrogens is 293 g/mol. The fourth-order valence-electron chi connectivity index (χ4n) is 2.07. The highest BCUT2D eigenvalue weighted by molar-refractivity contribution is 5.71. The molecule has 2 aromatic carbocycles. The number of aromatic hydroxyl groups is 1. The van der Waals surface area contributed by atoms with Crippen molar-refractivity contribution in [2.45, 2.75) is 32.5 Å². The molecule has 0 saturated heterocycles. The molecule has 0 unspecified atom stereocenters. The minimum Gasteiger partial charge on any atom is -0.507 e. The summed E-state index contributed by atoms with van der Waals surface area (Å²) < 4.78 is 40.3. The molecule has 0 saturated carbocycles. The summed E-state index contributed by atoms with van der Waals surface area (Å²) in [6.45, 7) is 6.14. The largest absolute Gasteiger partial charge is 0.573 e. The van der Waals surface area contributed by atoms with E-state index in [9.17, 15) is 18.3 Å². The fraction of sp³-hybridized carbons (Fsp3) is 0.294. The van der Waals surface area contributed by atoms with Crippen LogP contribution in [-0.4, -0.2) is 11.5 Å². The van der Waals surface area contributed by atoms with Crippen molar-refractivity contribution in [2.75, 3.05) is 0 Å². The van der Waals surface area contributed by atoms with Gasteiger partial charge in [-0.2, -0.15) is 0 Å². The molecule has 5 heteroatoms. The Morgan fingerprint density at radius 3 is 2.00 bits per heavy atom. The lowest BCUT2D eigenvalue weighted by atomic mass is 9.85. The highest BCUT2D eigenvalue weighted by Crippen LogP contribution is 2.35. The first-order valence-corrected chi connectivity index (χ1v) is 6.76. The molecule has 0 bridgehead atoms. The van der Waals surface area contributed by atoms with Gasteiger partial charge in [-0.3, -0.25) is 0 Å². The van der Waals surface area contributed by atoms with E-state index in [1.54, 1.807) is 6.07 Å². The Balaban J connectivity index is 2.36. The van der Waals surface area contributed by atoms with Crippen LogP contribution in [0.3, 0.4) is 0 Å². The molecule has 0 aromatic heterocycles. The molecule has 2 aromatic rings. The maximum atomic E-state index is 12.2. The van der Waals surface area contributed by atoms with Gasteiger partial charge in [0.15, 0.2) is 0 Å². The van der Waals surface area contributed by atoms with Crippen LogP contribution in [0.2, 0.25) is 0 Å². The second-order valence-electron chi connectivity index (χ2n) is 6.05. The van der Waals surface area contributed by atoms with Crippen molar-refractivity contribution in [2.24, 2.45) is 0 Å². The number of rotatable bonds is 2. The lowest BCUT2D eigenvalue weighted by Gasteiger charge is -2.20. The van der Waals surface area contributed by atoms with Crippen molar-refractivity contribution in [3.8, 4) is 22.6 Å². The summed E-state index contributed by atoms with van der Waals surface area (Å²) in [5.74, 6) is -0.208. The van der Waals surface area contributed by atoms with Gasteiger partial charge in [0.25, 0.3) is 0 Å². The van der Waals surface area contributed by atoms with Crippen LogP contribution < -0.4 is 4.74 Å². The van der Waals surface area contributed by atoms with Gasteiger partial charge < -0.3 is 9.84 Å². The van der Waals surface area contributed by atoms with Crippen LogP contribution in [0, 0.1) is 0 Å². The van der Waals surface area contributed by atoms with Gasteiger partial charge in [-0.05, 0) is 40.8 Å². The summed E-state index contributed by atoms with van der Waals surface area (Å²) in [7, 11) is 0. The third-order valence-electron chi connectivity index (χ3n) is 3.26. The summed E-state index contributed by atoms with van der Waals surface area (Å²) in [5, 5.41) is 10.00. The molecule has 1 N–H and O–H groups in total. The van der Waals surface area contributed by atoms with Crippen molar-refractivity contribution in [3.05, 3.63) is 48.0 Å². The van der Waals surface area contributed by atoms with Gasteiger partial charge >= 0.3 is 6.36 Å². The van der Waals surface area contributed by atoms with E-state index in [4.69, 9.17) is 0 Å². The van der Waals surface area contributed by atoms with Crippen molar-refractivity contribution >= 4 is 0 Å². The number of alkyl halides is 3. The average Bonchev–Trinajstić information content (AvgIpc) is 2.37. The molecule has 0 spiro atoms. The maximum Gasteiger partial charge on any atom is 0.573 e. The van der Waals surface area contributed by atoms with Gasteiger partial charge in [-0.1, -0.05) is 39.0 Å². The Morgan fingerprint density at radius 1 is 0.909 bits per heavy atom. The zero-order chi connectivity index (χ0) is 16.5. The molecule has 0 atom stereocenters. The van der Waals surface area contributed by atoms with E-state index in [1.165, 1.54) is 24.3 Å². The Labute approximate surface area is 127 Å². The first-order valence-electron chi connectivity index (χ1n) is 6.76. The van der Waals surface area contributed by atoms with E-state index in [0.29, 0.717) is 11.1 Å². The average molecular weight is 310 g/mol. The number of phenols is 1. The molecule has 0 aliphatic carbocycles. The minimum absolute atomic E-state index is 0.0810. The third kappa shape index (κ3) is 3.93. The highest BCUT2D eigenvalue weighted by atomic mass is 19.4. The number of benzene rings is 2. The van der Waals surface area contributed by atoms with Crippen molar-refractivity contribution in [1.29, 1.82) is 0 Å². The van der Waals surface area contributed by atoms with E-state index < -0.39 is 6.36 Å². The van der Waals surface area contributed by atoms with Gasteiger partial charge in [0.05, 0.1) is 0 Å². The molecule has 2 nitrogen and oxygen atoms in total. The quantitative estimate of drug-likeness (QED) is 0.820. The van der Waals surface area contributed by atoms with E-state index >= 15 is 0 Å². The fourth-order valence-corrected chi connectivity index (χ4v) is 2.07. The van der Waals surface area contributed by atoms with Crippen LogP contribution in [0.25, 0.3) is 11.1 Å². The van der Waals surface area contributed by atoms with E-state index in [1.807, 2.05) is 32.9 Å². The Morgan fingerprint density at radius 2 is 1.50 bits per heavy atom. The van der Waals surface area contributed by atoms with Gasteiger partial charge in [0, 0.05) is 5.56 Å². The lowest BCUT2D eigenvalue weighted by molar-refractivity contribution is -0.274. The standard InChI is InChI=1S/C17H17F3O2/c1-16(2,3)12-6-9-15(21)14(10-12)11-4-7-13(8-5-11)22-17(18,19)20/h4-10,21H,1-3H3. The predicted octanol–water partition coefficient (Wildman–Crippen LogP) is 5.26. The SMILES string of the molecule is CC(C)(C)c1ccc(O)c(-c2ccc(OC(F)(F)F)cc2)c1. The van der Waals surface area contributed by atoms with E-state index in [2.05, 4.69) is 4.74 Å². The number of hydrogen-bond acceptors (Lipinski definition) is 2. The number of halogens is 3. The van der Waals surface area contributed by atoms with Gasteiger partial charge in [0.1, 0.15) is 11.5 Å². The molecular formula is C17H17F3O2.